The molecule has 0 amide bonds. The second kappa shape index (κ2) is 19.5. The van der Waals surface area contributed by atoms with E-state index >= 15 is 0 Å². The van der Waals surface area contributed by atoms with E-state index < -0.39 is 5.97 Å². The second-order valence-corrected chi connectivity index (χ2v) is 7.22. The Bertz CT molecular complexity index is 312. The molecule has 0 aliphatic rings. The highest BCUT2D eigenvalue weighted by molar-refractivity contribution is 5.85. The molecule has 0 rings (SSSR count). The van der Waals surface area contributed by atoms with Gasteiger partial charge in [0.1, 0.15) is 0 Å². The summed E-state index contributed by atoms with van der Waals surface area (Å²) in [5.74, 6) is -0.896. The fourth-order valence-electron chi connectivity index (χ4n) is 3.00. The molecular formula is C22H42O3. The molecule has 25 heavy (non-hydrogen) atoms. The highest BCUT2D eigenvalue weighted by Gasteiger charge is 2.02. The molecule has 3 nitrogen and oxygen atoms in total. The molecule has 0 aliphatic carbocycles. The molecule has 0 heterocycles. The van der Waals surface area contributed by atoms with Crippen molar-refractivity contribution in [3.8, 4) is 0 Å². The lowest BCUT2D eigenvalue weighted by Gasteiger charge is -2.05. The van der Waals surface area contributed by atoms with Gasteiger partial charge < -0.3 is 9.84 Å². The average molecular weight is 355 g/mol. The monoisotopic (exact) mass is 354 g/mol. The number of carbonyl (C=O) groups is 1. The Balaban J connectivity index is 3.05. The normalized spacial score (nSPS) is 10.9. The van der Waals surface area contributed by atoms with Crippen LogP contribution >= 0.6 is 0 Å². The van der Waals surface area contributed by atoms with E-state index in [1.54, 1.807) is 0 Å². The average Bonchev–Trinajstić information content (AvgIpc) is 2.60. The third-order valence-corrected chi connectivity index (χ3v) is 4.71. The molecule has 0 atom stereocenters. The molecule has 0 fully saturated rings. The van der Waals surface area contributed by atoms with Crippen LogP contribution in [0.2, 0.25) is 0 Å². The molecule has 0 aromatic heterocycles. The maximum absolute atomic E-state index is 10.6. The van der Waals surface area contributed by atoms with Crippen LogP contribution in [0.15, 0.2) is 12.2 Å². The first-order chi connectivity index (χ1) is 12.2. The van der Waals surface area contributed by atoms with E-state index in [0.717, 1.165) is 19.4 Å². The summed E-state index contributed by atoms with van der Waals surface area (Å²) in [5.41, 5.74) is 0.278. The summed E-state index contributed by atoms with van der Waals surface area (Å²) in [4.78, 5) is 10.6. The molecule has 0 radical (unpaired) electrons. The van der Waals surface area contributed by atoms with Crippen LogP contribution in [0.5, 0.6) is 0 Å². The fourth-order valence-corrected chi connectivity index (χ4v) is 3.00. The predicted molar refractivity (Wildman–Crippen MR) is 107 cm³/mol. The number of unbranched alkanes of at least 4 members (excludes halogenated alkanes) is 13. The summed E-state index contributed by atoms with van der Waals surface area (Å²) in [6, 6.07) is 0. The van der Waals surface area contributed by atoms with E-state index in [4.69, 9.17) is 9.84 Å². The first kappa shape index (κ1) is 24.2. The third-order valence-electron chi connectivity index (χ3n) is 4.71. The molecule has 0 aromatic rings. The lowest BCUT2D eigenvalue weighted by atomic mass is 10.0. The Morgan fingerprint density at radius 3 is 1.56 bits per heavy atom. The zero-order valence-corrected chi connectivity index (χ0v) is 16.7. The van der Waals surface area contributed by atoms with Crippen LogP contribution in [0.3, 0.4) is 0 Å². The molecule has 0 saturated heterocycles. The van der Waals surface area contributed by atoms with Crippen molar-refractivity contribution in [3.05, 3.63) is 12.2 Å². The molecule has 0 spiro atoms. The first-order valence-corrected chi connectivity index (χ1v) is 10.7. The van der Waals surface area contributed by atoms with Gasteiger partial charge in [0.05, 0.1) is 0 Å². The molecule has 3 heteroatoms. The Hall–Kier alpha value is -0.830. The SMILES string of the molecule is C=C(CCCOCCCCCCCCCCCCCCCC)C(=O)O. The molecular weight excluding hydrogens is 312 g/mol. The van der Waals surface area contributed by atoms with Gasteiger partial charge in [0.15, 0.2) is 0 Å². The van der Waals surface area contributed by atoms with Crippen molar-refractivity contribution in [2.75, 3.05) is 13.2 Å². The minimum Gasteiger partial charge on any atom is -0.478 e. The molecule has 148 valence electrons. The van der Waals surface area contributed by atoms with E-state index in [-0.39, 0.29) is 5.57 Å². The zero-order chi connectivity index (χ0) is 18.6. The number of ether oxygens (including phenoxy) is 1. The van der Waals surface area contributed by atoms with E-state index in [9.17, 15) is 4.79 Å². The molecule has 0 aromatic carbocycles. The summed E-state index contributed by atoms with van der Waals surface area (Å²) in [6.45, 7) is 7.23. The summed E-state index contributed by atoms with van der Waals surface area (Å²) >= 11 is 0. The Morgan fingerprint density at radius 2 is 1.12 bits per heavy atom. The Kier molecular flexibility index (Phi) is 18.8. The van der Waals surface area contributed by atoms with Crippen LogP contribution in [-0.4, -0.2) is 24.3 Å². The standard InChI is InChI=1S/C22H42O3/c1-3-4-5-6-7-8-9-10-11-12-13-14-15-16-19-25-20-17-18-21(2)22(23)24/h2-20H2,1H3,(H,23,24). The molecule has 0 aliphatic heterocycles. The smallest absolute Gasteiger partial charge is 0.330 e. The third kappa shape index (κ3) is 19.3. The van der Waals surface area contributed by atoms with Gasteiger partial charge in [0.25, 0.3) is 0 Å². The van der Waals surface area contributed by atoms with Crippen molar-refractivity contribution in [2.45, 2.75) is 110 Å². The highest BCUT2D eigenvalue weighted by atomic mass is 16.5. The lowest BCUT2D eigenvalue weighted by molar-refractivity contribution is -0.132. The van der Waals surface area contributed by atoms with Crippen molar-refractivity contribution in [1.82, 2.24) is 0 Å². The zero-order valence-electron chi connectivity index (χ0n) is 16.7. The quantitative estimate of drug-likeness (QED) is 0.191. The summed E-state index contributed by atoms with van der Waals surface area (Å²) in [6.07, 6.45) is 20.4. The minimum absolute atomic E-state index is 0.278. The Morgan fingerprint density at radius 1 is 0.720 bits per heavy atom. The van der Waals surface area contributed by atoms with Gasteiger partial charge in [-0.3, -0.25) is 0 Å². The number of aliphatic carboxylic acids is 1. The topological polar surface area (TPSA) is 46.5 Å². The van der Waals surface area contributed by atoms with Crippen LogP contribution in [0, 0.1) is 0 Å². The van der Waals surface area contributed by atoms with Crippen LogP contribution in [0.25, 0.3) is 0 Å². The van der Waals surface area contributed by atoms with Crippen LogP contribution in [0.1, 0.15) is 110 Å². The minimum atomic E-state index is -0.896. The lowest BCUT2D eigenvalue weighted by Crippen LogP contribution is -2.02. The maximum atomic E-state index is 10.6. The molecule has 1 N–H and O–H groups in total. The van der Waals surface area contributed by atoms with Gasteiger partial charge in [0, 0.05) is 18.8 Å². The van der Waals surface area contributed by atoms with Crippen molar-refractivity contribution in [3.63, 3.8) is 0 Å². The van der Waals surface area contributed by atoms with Crippen LogP contribution < -0.4 is 0 Å². The van der Waals surface area contributed by atoms with E-state index in [1.807, 2.05) is 0 Å². The number of rotatable bonds is 20. The van der Waals surface area contributed by atoms with Gasteiger partial charge >= 0.3 is 5.97 Å². The number of hydrogen-bond acceptors (Lipinski definition) is 2. The maximum Gasteiger partial charge on any atom is 0.330 e. The highest BCUT2D eigenvalue weighted by Crippen LogP contribution is 2.13. The van der Waals surface area contributed by atoms with Crippen molar-refractivity contribution < 1.29 is 14.6 Å². The van der Waals surface area contributed by atoms with Crippen LogP contribution in [-0.2, 0) is 9.53 Å². The van der Waals surface area contributed by atoms with Gasteiger partial charge in [-0.05, 0) is 19.3 Å². The first-order valence-electron chi connectivity index (χ1n) is 10.7. The molecule has 0 bridgehead atoms. The largest absolute Gasteiger partial charge is 0.478 e. The van der Waals surface area contributed by atoms with E-state index in [2.05, 4.69) is 13.5 Å². The van der Waals surface area contributed by atoms with Gasteiger partial charge in [-0.1, -0.05) is 97.0 Å². The number of carboxylic acid groups (broad SMARTS) is 1. The van der Waals surface area contributed by atoms with Crippen molar-refractivity contribution in [2.24, 2.45) is 0 Å². The van der Waals surface area contributed by atoms with E-state index in [1.165, 1.54) is 83.5 Å². The van der Waals surface area contributed by atoms with Gasteiger partial charge in [0.2, 0.25) is 0 Å². The summed E-state index contributed by atoms with van der Waals surface area (Å²) in [7, 11) is 0. The van der Waals surface area contributed by atoms with Crippen molar-refractivity contribution in [1.29, 1.82) is 0 Å². The van der Waals surface area contributed by atoms with E-state index in [0.29, 0.717) is 13.0 Å². The fraction of sp³-hybridized carbons (Fsp3) is 0.864. The Labute approximate surface area is 156 Å². The predicted octanol–water partition coefficient (Wildman–Crippen LogP) is 6.91. The summed E-state index contributed by atoms with van der Waals surface area (Å²) < 4.78 is 5.54. The van der Waals surface area contributed by atoms with Gasteiger partial charge in [-0.25, -0.2) is 4.79 Å². The number of carboxylic acids is 1. The number of hydrogen-bond donors (Lipinski definition) is 1. The van der Waals surface area contributed by atoms with Crippen LogP contribution in [0.4, 0.5) is 0 Å². The van der Waals surface area contributed by atoms with Crippen molar-refractivity contribution >= 4 is 5.97 Å². The summed E-state index contributed by atoms with van der Waals surface area (Å²) in [5, 5.41) is 8.69. The second-order valence-electron chi connectivity index (χ2n) is 7.22. The molecule has 0 saturated carbocycles. The van der Waals surface area contributed by atoms with Gasteiger partial charge in [-0.15, -0.1) is 0 Å². The van der Waals surface area contributed by atoms with Gasteiger partial charge in [-0.2, -0.15) is 0 Å². The molecule has 0 unspecified atom stereocenters.